The molecule has 0 saturated carbocycles. The van der Waals surface area contributed by atoms with Gasteiger partial charge in [-0.3, -0.25) is 14.5 Å². The lowest BCUT2D eigenvalue weighted by molar-refractivity contribution is -0.136. The fourth-order valence-corrected chi connectivity index (χ4v) is 3.35. The van der Waals surface area contributed by atoms with Gasteiger partial charge in [-0.25, -0.2) is 4.68 Å². The third-order valence-corrected chi connectivity index (χ3v) is 4.92. The molecule has 0 unspecified atom stereocenters. The van der Waals surface area contributed by atoms with Gasteiger partial charge in [0.1, 0.15) is 5.82 Å². The Balaban J connectivity index is 1.59. The normalized spacial score (nSPS) is 15.1. The molecular formula is C21H29N5O2. The number of benzene rings is 1. The lowest BCUT2D eigenvalue weighted by atomic mass is 10.1. The number of hydrogen-bond donors (Lipinski definition) is 1. The van der Waals surface area contributed by atoms with Crippen molar-refractivity contribution in [2.24, 2.45) is 5.92 Å². The molecule has 1 aromatic heterocycles. The molecule has 0 bridgehead atoms. The van der Waals surface area contributed by atoms with E-state index in [9.17, 15) is 9.59 Å². The van der Waals surface area contributed by atoms with Gasteiger partial charge in [0.15, 0.2) is 0 Å². The molecule has 7 heteroatoms. The van der Waals surface area contributed by atoms with E-state index in [-0.39, 0.29) is 17.7 Å². The number of nitrogens with one attached hydrogen (secondary N) is 1. The quantitative estimate of drug-likeness (QED) is 0.860. The summed E-state index contributed by atoms with van der Waals surface area (Å²) >= 11 is 0. The summed E-state index contributed by atoms with van der Waals surface area (Å²) in [5, 5.41) is 7.48. The summed E-state index contributed by atoms with van der Waals surface area (Å²) in [7, 11) is 0. The smallest absolute Gasteiger partial charge is 0.239 e. The minimum atomic E-state index is -0.0723. The molecule has 1 fully saturated rings. The number of carbonyl (C=O) groups excluding carboxylic acids is 2. The number of amides is 2. The Morgan fingerprint density at radius 3 is 2.32 bits per heavy atom. The van der Waals surface area contributed by atoms with Crippen LogP contribution in [0.2, 0.25) is 0 Å². The monoisotopic (exact) mass is 383 g/mol. The predicted octanol–water partition coefficient (Wildman–Crippen LogP) is 2.23. The molecule has 2 aromatic rings. The van der Waals surface area contributed by atoms with E-state index in [0.717, 1.165) is 11.4 Å². The highest BCUT2D eigenvalue weighted by atomic mass is 16.2. The number of anilines is 1. The molecule has 1 aliphatic heterocycles. The zero-order valence-corrected chi connectivity index (χ0v) is 17.1. The summed E-state index contributed by atoms with van der Waals surface area (Å²) in [6.45, 7) is 10.9. The average molecular weight is 383 g/mol. The van der Waals surface area contributed by atoms with Gasteiger partial charge >= 0.3 is 0 Å². The first-order valence-corrected chi connectivity index (χ1v) is 9.78. The van der Waals surface area contributed by atoms with Gasteiger partial charge in [-0.2, -0.15) is 5.10 Å². The van der Waals surface area contributed by atoms with Crippen molar-refractivity contribution >= 4 is 17.6 Å². The Bertz CT molecular complexity index is 833. The van der Waals surface area contributed by atoms with Crippen molar-refractivity contribution in [3.05, 3.63) is 41.6 Å². The Kier molecular flexibility index (Phi) is 6.14. The van der Waals surface area contributed by atoms with Crippen molar-refractivity contribution < 1.29 is 9.59 Å². The van der Waals surface area contributed by atoms with Crippen LogP contribution in [0, 0.1) is 19.8 Å². The highest BCUT2D eigenvalue weighted by Crippen LogP contribution is 2.18. The van der Waals surface area contributed by atoms with Crippen LogP contribution >= 0.6 is 0 Å². The second kappa shape index (κ2) is 8.56. The topological polar surface area (TPSA) is 70.5 Å². The van der Waals surface area contributed by atoms with Crippen molar-refractivity contribution in [2.45, 2.75) is 27.7 Å². The average Bonchev–Trinajstić information content (AvgIpc) is 3.02. The molecule has 0 radical (unpaired) electrons. The molecule has 2 heterocycles. The molecule has 0 atom stereocenters. The standard InChI is InChI=1S/C21H29N5O2/c1-15(2)21(28)25-11-9-24(10-12-25)14-20(27)22-19-13-17(4)23-26(19)18-7-5-16(3)6-8-18/h5-8,13,15H,9-12,14H2,1-4H3,(H,22,27). The summed E-state index contributed by atoms with van der Waals surface area (Å²) < 4.78 is 1.76. The van der Waals surface area contributed by atoms with Crippen molar-refractivity contribution in [1.29, 1.82) is 0 Å². The Labute approximate surface area is 166 Å². The molecule has 3 rings (SSSR count). The molecule has 0 spiro atoms. The van der Waals surface area contributed by atoms with Gasteiger partial charge in [0.05, 0.1) is 17.9 Å². The fourth-order valence-electron chi connectivity index (χ4n) is 3.35. The van der Waals surface area contributed by atoms with Gasteiger partial charge in [-0.05, 0) is 26.0 Å². The van der Waals surface area contributed by atoms with Crippen molar-refractivity contribution in [3.63, 3.8) is 0 Å². The lowest BCUT2D eigenvalue weighted by Gasteiger charge is -2.35. The largest absolute Gasteiger partial charge is 0.340 e. The lowest BCUT2D eigenvalue weighted by Crippen LogP contribution is -2.51. The number of aryl methyl sites for hydroxylation is 2. The summed E-state index contributed by atoms with van der Waals surface area (Å²) in [5.41, 5.74) is 2.93. The van der Waals surface area contributed by atoms with E-state index in [4.69, 9.17) is 0 Å². The van der Waals surface area contributed by atoms with E-state index in [1.54, 1.807) is 4.68 Å². The molecule has 1 saturated heterocycles. The molecular weight excluding hydrogens is 354 g/mol. The van der Waals surface area contributed by atoms with Crippen LogP contribution in [0.3, 0.4) is 0 Å². The van der Waals surface area contributed by atoms with E-state index in [0.29, 0.717) is 38.5 Å². The van der Waals surface area contributed by atoms with Gasteiger partial charge in [-0.1, -0.05) is 31.5 Å². The summed E-state index contributed by atoms with van der Waals surface area (Å²) in [6.07, 6.45) is 0. The van der Waals surface area contributed by atoms with Crippen molar-refractivity contribution in [1.82, 2.24) is 19.6 Å². The van der Waals surface area contributed by atoms with Gasteiger partial charge < -0.3 is 10.2 Å². The first kappa shape index (κ1) is 20.1. The Morgan fingerprint density at radius 2 is 1.71 bits per heavy atom. The highest BCUT2D eigenvalue weighted by Gasteiger charge is 2.24. The van der Waals surface area contributed by atoms with Gasteiger partial charge in [0.2, 0.25) is 11.8 Å². The van der Waals surface area contributed by atoms with Gasteiger partial charge in [-0.15, -0.1) is 0 Å². The first-order valence-electron chi connectivity index (χ1n) is 9.78. The Morgan fingerprint density at radius 1 is 1.07 bits per heavy atom. The number of rotatable bonds is 5. The first-order chi connectivity index (χ1) is 13.3. The Hall–Kier alpha value is -2.67. The third kappa shape index (κ3) is 4.78. The van der Waals surface area contributed by atoms with Gasteiger partial charge in [0.25, 0.3) is 0 Å². The molecule has 2 amide bonds. The second-order valence-corrected chi connectivity index (χ2v) is 7.72. The van der Waals surface area contributed by atoms with Crippen LogP contribution in [0.25, 0.3) is 5.69 Å². The number of carbonyl (C=O) groups is 2. The maximum absolute atomic E-state index is 12.6. The third-order valence-electron chi connectivity index (χ3n) is 4.92. The van der Waals surface area contributed by atoms with Crippen LogP contribution < -0.4 is 5.32 Å². The van der Waals surface area contributed by atoms with E-state index in [2.05, 4.69) is 15.3 Å². The maximum atomic E-state index is 12.6. The van der Waals surface area contributed by atoms with Crippen molar-refractivity contribution in [3.8, 4) is 5.69 Å². The van der Waals surface area contributed by atoms with Crippen LogP contribution in [0.5, 0.6) is 0 Å². The minimum absolute atomic E-state index is 0.0140. The molecule has 150 valence electrons. The van der Waals surface area contributed by atoms with Crippen molar-refractivity contribution in [2.75, 3.05) is 38.0 Å². The molecule has 0 aliphatic carbocycles. The van der Waals surface area contributed by atoms with Crippen LogP contribution in [-0.4, -0.2) is 64.1 Å². The summed E-state index contributed by atoms with van der Waals surface area (Å²) in [6, 6.07) is 9.90. The number of piperazine rings is 1. The minimum Gasteiger partial charge on any atom is -0.340 e. The second-order valence-electron chi connectivity index (χ2n) is 7.72. The van der Waals surface area contributed by atoms with E-state index >= 15 is 0 Å². The fraction of sp³-hybridized carbons (Fsp3) is 0.476. The SMILES string of the molecule is Cc1ccc(-n2nc(C)cc2NC(=O)CN2CCN(C(=O)C(C)C)CC2)cc1. The van der Waals surface area contributed by atoms with Crippen LogP contribution in [0.1, 0.15) is 25.1 Å². The number of nitrogens with zero attached hydrogens (tertiary/aromatic N) is 4. The predicted molar refractivity (Wildman–Crippen MR) is 110 cm³/mol. The molecule has 1 N–H and O–H groups in total. The van der Waals surface area contributed by atoms with Crippen LogP contribution in [0.4, 0.5) is 5.82 Å². The molecule has 1 aromatic carbocycles. The maximum Gasteiger partial charge on any atom is 0.239 e. The van der Waals surface area contributed by atoms with E-state index < -0.39 is 0 Å². The van der Waals surface area contributed by atoms with Crippen LogP contribution in [0.15, 0.2) is 30.3 Å². The highest BCUT2D eigenvalue weighted by molar-refractivity contribution is 5.91. The number of aromatic nitrogens is 2. The van der Waals surface area contributed by atoms with Gasteiger partial charge in [0, 0.05) is 38.2 Å². The summed E-state index contributed by atoms with van der Waals surface area (Å²) in [5.74, 6) is 0.790. The number of hydrogen-bond acceptors (Lipinski definition) is 4. The molecule has 28 heavy (non-hydrogen) atoms. The van der Waals surface area contributed by atoms with E-state index in [1.165, 1.54) is 5.56 Å². The van der Waals surface area contributed by atoms with E-state index in [1.807, 2.05) is 62.9 Å². The molecule has 1 aliphatic rings. The zero-order valence-electron chi connectivity index (χ0n) is 17.1. The van der Waals surface area contributed by atoms with Crippen LogP contribution in [-0.2, 0) is 9.59 Å². The summed E-state index contributed by atoms with van der Waals surface area (Å²) in [4.78, 5) is 28.6. The zero-order chi connectivity index (χ0) is 20.3. The molecule has 7 nitrogen and oxygen atoms in total.